The molecule has 0 unspecified atom stereocenters. The van der Waals surface area contributed by atoms with Gasteiger partial charge in [0.1, 0.15) is 0 Å². The summed E-state index contributed by atoms with van der Waals surface area (Å²) in [5.74, 6) is 0. The van der Waals surface area contributed by atoms with Crippen molar-refractivity contribution in [2.24, 2.45) is 11.1 Å². The average Bonchev–Trinajstić information content (AvgIpc) is 2.39. The molecule has 0 saturated heterocycles. The van der Waals surface area contributed by atoms with Crippen LogP contribution in [0.1, 0.15) is 45.2 Å². The Morgan fingerprint density at radius 3 is 2.26 bits per heavy atom. The highest BCUT2D eigenvalue weighted by atomic mass is 15.1. The molecule has 0 aliphatic rings. The van der Waals surface area contributed by atoms with E-state index in [0.29, 0.717) is 0 Å². The Labute approximate surface area is 119 Å². The number of benzene rings is 1. The standard InChI is InChI=1S/C17H30N2/c1-5-11-19(14-17(3,4)13-18)12-16-10-8-7-9-15(16)6-2/h7-10H,5-6,11-14,18H2,1-4H3. The highest BCUT2D eigenvalue weighted by Crippen LogP contribution is 2.19. The second-order valence-electron chi connectivity index (χ2n) is 6.20. The van der Waals surface area contributed by atoms with Gasteiger partial charge in [0.25, 0.3) is 0 Å². The van der Waals surface area contributed by atoms with Gasteiger partial charge in [0.15, 0.2) is 0 Å². The fraction of sp³-hybridized carbons (Fsp3) is 0.647. The van der Waals surface area contributed by atoms with E-state index in [0.717, 1.165) is 32.6 Å². The Balaban J connectivity index is 2.77. The highest BCUT2D eigenvalue weighted by Gasteiger charge is 2.20. The molecule has 1 aromatic carbocycles. The van der Waals surface area contributed by atoms with E-state index in [9.17, 15) is 0 Å². The van der Waals surface area contributed by atoms with Crippen molar-refractivity contribution in [1.29, 1.82) is 0 Å². The Hall–Kier alpha value is -0.860. The third-order valence-corrected chi connectivity index (χ3v) is 3.64. The van der Waals surface area contributed by atoms with Crippen molar-refractivity contribution in [3.05, 3.63) is 35.4 Å². The summed E-state index contributed by atoms with van der Waals surface area (Å²) in [5.41, 5.74) is 9.00. The van der Waals surface area contributed by atoms with E-state index in [1.807, 2.05) is 0 Å². The second kappa shape index (κ2) is 7.66. The number of nitrogens with zero attached hydrogens (tertiary/aromatic N) is 1. The molecular weight excluding hydrogens is 232 g/mol. The van der Waals surface area contributed by atoms with Gasteiger partial charge in [-0.2, -0.15) is 0 Å². The summed E-state index contributed by atoms with van der Waals surface area (Å²) in [6.45, 7) is 13.0. The number of nitrogens with two attached hydrogens (primary N) is 1. The Morgan fingerprint density at radius 2 is 1.74 bits per heavy atom. The maximum Gasteiger partial charge on any atom is 0.0236 e. The first-order chi connectivity index (χ1) is 9.02. The average molecular weight is 262 g/mol. The summed E-state index contributed by atoms with van der Waals surface area (Å²) in [6.07, 6.45) is 2.30. The number of hydrogen-bond acceptors (Lipinski definition) is 2. The van der Waals surface area contributed by atoms with E-state index in [-0.39, 0.29) is 5.41 Å². The maximum atomic E-state index is 5.87. The summed E-state index contributed by atoms with van der Waals surface area (Å²) in [6, 6.07) is 8.79. The minimum absolute atomic E-state index is 0.191. The van der Waals surface area contributed by atoms with Crippen LogP contribution in [0.3, 0.4) is 0 Å². The zero-order valence-electron chi connectivity index (χ0n) is 13.1. The van der Waals surface area contributed by atoms with E-state index in [1.165, 1.54) is 17.5 Å². The van der Waals surface area contributed by atoms with Gasteiger partial charge in [-0.1, -0.05) is 52.0 Å². The summed E-state index contributed by atoms with van der Waals surface area (Å²) >= 11 is 0. The van der Waals surface area contributed by atoms with Gasteiger partial charge < -0.3 is 5.73 Å². The lowest BCUT2D eigenvalue weighted by Crippen LogP contribution is -2.39. The lowest BCUT2D eigenvalue weighted by atomic mass is 9.92. The van der Waals surface area contributed by atoms with Crippen LogP contribution in [0.2, 0.25) is 0 Å². The third-order valence-electron chi connectivity index (χ3n) is 3.64. The molecule has 0 aliphatic carbocycles. The van der Waals surface area contributed by atoms with Crippen LogP contribution in [-0.2, 0) is 13.0 Å². The van der Waals surface area contributed by atoms with Crippen molar-refractivity contribution in [2.75, 3.05) is 19.6 Å². The molecule has 1 aromatic rings. The van der Waals surface area contributed by atoms with Crippen LogP contribution in [0.15, 0.2) is 24.3 Å². The van der Waals surface area contributed by atoms with Crippen LogP contribution >= 0.6 is 0 Å². The zero-order chi connectivity index (χ0) is 14.3. The van der Waals surface area contributed by atoms with Gasteiger partial charge in [-0.25, -0.2) is 0 Å². The van der Waals surface area contributed by atoms with E-state index >= 15 is 0 Å². The van der Waals surface area contributed by atoms with E-state index in [1.54, 1.807) is 0 Å². The van der Waals surface area contributed by atoms with Crippen LogP contribution in [0, 0.1) is 5.41 Å². The van der Waals surface area contributed by atoms with Crippen molar-refractivity contribution in [3.8, 4) is 0 Å². The first kappa shape index (κ1) is 16.2. The third kappa shape index (κ3) is 5.33. The van der Waals surface area contributed by atoms with Crippen LogP contribution in [0.25, 0.3) is 0 Å². The van der Waals surface area contributed by atoms with E-state index in [4.69, 9.17) is 5.73 Å². The predicted octanol–water partition coefficient (Wildman–Crippen LogP) is 3.45. The number of aryl methyl sites for hydroxylation is 1. The van der Waals surface area contributed by atoms with Crippen LogP contribution in [-0.4, -0.2) is 24.5 Å². The smallest absolute Gasteiger partial charge is 0.0236 e. The molecule has 0 radical (unpaired) electrons. The molecule has 0 amide bonds. The minimum Gasteiger partial charge on any atom is -0.330 e. The molecular formula is C17H30N2. The largest absolute Gasteiger partial charge is 0.330 e. The fourth-order valence-electron chi connectivity index (χ4n) is 2.50. The molecule has 108 valence electrons. The fourth-order valence-corrected chi connectivity index (χ4v) is 2.50. The molecule has 19 heavy (non-hydrogen) atoms. The topological polar surface area (TPSA) is 29.3 Å². The number of rotatable bonds is 8. The van der Waals surface area contributed by atoms with Gasteiger partial charge in [0.05, 0.1) is 0 Å². The molecule has 0 fully saturated rings. The van der Waals surface area contributed by atoms with Crippen LogP contribution < -0.4 is 5.73 Å². The van der Waals surface area contributed by atoms with Crippen LogP contribution in [0.5, 0.6) is 0 Å². The van der Waals surface area contributed by atoms with Crippen molar-refractivity contribution < 1.29 is 0 Å². The van der Waals surface area contributed by atoms with Gasteiger partial charge in [0, 0.05) is 13.1 Å². The summed E-state index contributed by atoms with van der Waals surface area (Å²) in [4.78, 5) is 2.54. The summed E-state index contributed by atoms with van der Waals surface area (Å²) in [7, 11) is 0. The van der Waals surface area contributed by atoms with Crippen molar-refractivity contribution in [1.82, 2.24) is 4.90 Å². The predicted molar refractivity (Wildman–Crippen MR) is 84.2 cm³/mol. The van der Waals surface area contributed by atoms with Gasteiger partial charge in [-0.05, 0) is 42.5 Å². The van der Waals surface area contributed by atoms with Gasteiger partial charge >= 0.3 is 0 Å². The zero-order valence-corrected chi connectivity index (χ0v) is 13.1. The normalized spacial score (nSPS) is 12.1. The molecule has 0 saturated carbocycles. The number of hydrogen-bond donors (Lipinski definition) is 1. The monoisotopic (exact) mass is 262 g/mol. The molecule has 2 nitrogen and oxygen atoms in total. The Kier molecular flexibility index (Phi) is 6.53. The second-order valence-corrected chi connectivity index (χ2v) is 6.20. The van der Waals surface area contributed by atoms with Gasteiger partial charge in [-0.15, -0.1) is 0 Å². The molecule has 0 spiro atoms. The van der Waals surface area contributed by atoms with Gasteiger partial charge in [-0.3, -0.25) is 4.90 Å². The van der Waals surface area contributed by atoms with E-state index in [2.05, 4.69) is 56.9 Å². The molecule has 0 aliphatic heterocycles. The van der Waals surface area contributed by atoms with Gasteiger partial charge in [0.2, 0.25) is 0 Å². The lowest BCUT2D eigenvalue weighted by Gasteiger charge is -2.32. The maximum absolute atomic E-state index is 5.87. The molecule has 0 bridgehead atoms. The molecule has 0 aromatic heterocycles. The molecule has 0 heterocycles. The quantitative estimate of drug-likeness (QED) is 0.777. The molecule has 1 rings (SSSR count). The highest BCUT2D eigenvalue weighted by molar-refractivity contribution is 5.26. The van der Waals surface area contributed by atoms with Crippen LogP contribution in [0.4, 0.5) is 0 Å². The molecule has 2 heteroatoms. The van der Waals surface area contributed by atoms with E-state index < -0.39 is 0 Å². The SMILES string of the molecule is CCCN(Cc1ccccc1CC)CC(C)(C)CN. The summed E-state index contributed by atoms with van der Waals surface area (Å²) in [5, 5.41) is 0. The Morgan fingerprint density at radius 1 is 1.11 bits per heavy atom. The Bertz CT molecular complexity index is 371. The first-order valence-corrected chi connectivity index (χ1v) is 7.51. The van der Waals surface area contributed by atoms with Crippen molar-refractivity contribution >= 4 is 0 Å². The minimum atomic E-state index is 0.191. The van der Waals surface area contributed by atoms with Crippen molar-refractivity contribution in [2.45, 2.75) is 47.1 Å². The molecule has 2 N–H and O–H groups in total. The van der Waals surface area contributed by atoms with Crippen molar-refractivity contribution in [3.63, 3.8) is 0 Å². The first-order valence-electron chi connectivity index (χ1n) is 7.51. The summed E-state index contributed by atoms with van der Waals surface area (Å²) < 4.78 is 0. The lowest BCUT2D eigenvalue weighted by molar-refractivity contribution is 0.175. The molecule has 0 atom stereocenters.